The van der Waals surface area contributed by atoms with Gasteiger partial charge < -0.3 is 10.1 Å². The summed E-state index contributed by atoms with van der Waals surface area (Å²) in [6, 6.07) is 25.5. The van der Waals surface area contributed by atoms with Crippen molar-refractivity contribution in [1.82, 2.24) is 9.78 Å². The molecule has 0 unspecified atom stereocenters. The molecule has 7 heteroatoms. The Hall–Kier alpha value is -4.26. The first kappa shape index (κ1) is 22.0. The van der Waals surface area contributed by atoms with Crippen molar-refractivity contribution in [2.75, 3.05) is 5.32 Å². The fourth-order valence-corrected chi connectivity index (χ4v) is 3.23. The fraction of sp³-hybridized carbons (Fsp3) is 0.115. The number of benzene rings is 3. The molecule has 0 atom stereocenters. The number of nitrogens with zero attached hydrogens (tertiary/aromatic N) is 2. The molecule has 0 aliphatic rings. The van der Waals surface area contributed by atoms with Crippen LogP contribution in [0.2, 0.25) is 0 Å². The molecule has 4 aromatic rings. The molecule has 166 valence electrons. The Morgan fingerprint density at radius 3 is 2.30 bits per heavy atom. The normalized spacial score (nSPS) is 10.6. The van der Waals surface area contributed by atoms with Gasteiger partial charge in [-0.1, -0.05) is 18.2 Å². The Balaban J connectivity index is 1.29. The number of amides is 1. The molecule has 1 N–H and O–H groups in total. The second-order valence-corrected chi connectivity index (χ2v) is 7.38. The Bertz CT molecular complexity index is 1270. The Kier molecular flexibility index (Phi) is 6.90. The highest BCUT2D eigenvalue weighted by molar-refractivity contribution is 5.90. The maximum Gasteiger partial charge on any atom is 0.266 e. The monoisotopic (exact) mass is 443 g/mol. The number of halogens is 1. The molecule has 0 aliphatic carbocycles. The predicted octanol–water partition coefficient (Wildman–Crippen LogP) is 5.26. The minimum Gasteiger partial charge on any atom is -0.457 e. The molecule has 0 saturated heterocycles. The highest BCUT2D eigenvalue weighted by Crippen LogP contribution is 2.22. The summed E-state index contributed by atoms with van der Waals surface area (Å²) in [6.45, 7) is 0.297. The third kappa shape index (κ3) is 6.13. The van der Waals surface area contributed by atoms with E-state index in [1.165, 1.54) is 22.9 Å². The summed E-state index contributed by atoms with van der Waals surface area (Å²) >= 11 is 0. The molecule has 0 bridgehead atoms. The Morgan fingerprint density at radius 2 is 1.58 bits per heavy atom. The van der Waals surface area contributed by atoms with Crippen LogP contribution in [-0.2, 0) is 11.3 Å². The number of rotatable bonds is 8. The molecule has 6 nitrogen and oxygen atoms in total. The summed E-state index contributed by atoms with van der Waals surface area (Å²) in [7, 11) is 0. The van der Waals surface area contributed by atoms with Gasteiger partial charge in [0, 0.05) is 30.3 Å². The zero-order valence-corrected chi connectivity index (χ0v) is 17.8. The first-order chi connectivity index (χ1) is 16.1. The predicted molar refractivity (Wildman–Crippen MR) is 125 cm³/mol. The van der Waals surface area contributed by atoms with E-state index in [0.29, 0.717) is 35.7 Å². The van der Waals surface area contributed by atoms with Crippen LogP contribution >= 0.6 is 0 Å². The van der Waals surface area contributed by atoms with Crippen LogP contribution in [0, 0.1) is 5.82 Å². The van der Waals surface area contributed by atoms with Gasteiger partial charge in [-0.2, -0.15) is 5.10 Å². The van der Waals surface area contributed by atoms with Crippen molar-refractivity contribution < 1.29 is 13.9 Å². The van der Waals surface area contributed by atoms with Gasteiger partial charge in [0.05, 0.1) is 5.69 Å². The number of aryl methyl sites for hydroxylation is 1. The first-order valence-corrected chi connectivity index (χ1v) is 10.5. The van der Waals surface area contributed by atoms with Crippen LogP contribution in [0.5, 0.6) is 11.5 Å². The number of ether oxygens (including phenoxy) is 1. The topological polar surface area (TPSA) is 73.2 Å². The van der Waals surface area contributed by atoms with Crippen molar-refractivity contribution in [2.24, 2.45) is 0 Å². The van der Waals surface area contributed by atoms with Crippen LogP contribution in [0.4, 0.5) is 10.1 Å². The van der Waals surface area contributed by atoms with Gasteiger partial charge in [-0.05, 0) is 73.2 Å². The lowest BCUT2D eigenvalue weighted by Gasteiger charge is -2.09. The van der Waals surface area contributed by atoms with Gasteiger partial charge in [0.25, 0.3) is 5.56 Å². The molecule has 1 aromatic heterocycles. The van der Waals surface area contributed by atoms with Crippen molar-refractivity contribution in [3.05, 3.63) is 107 Å². The average molecular weight is 443 g/mol. The molecule has 0 spiro atoms. The number of anilines is 1. The zero-order chi connectivity index (χ0) is 23.0. The highest BCUT2D eigenvalue weighted by atomic mass is 19.1. The van der Waals surface area contributed by atoms with Gasteiger partial charge in [-0.15, -0.1) is 0 Å². The SMILES string of the molecule is O=C(CCCn1nc(-c2ccc(F)cc2)ccc1=O)Nc1ccc(Oc2ccccc2)cc1. The fourth-order valence-electron chi connectivity index (χ4n) is 3.23. The minimum atomic E-state index is -0.337. The van der Waals surface area contributed by atoms with Crippen molar-refractivity contribution in [1.29, 1.82) is 0 Å². The van der Waals surface area contributed by atoms with Crippen molar-refractivity contribution in [2.45, 2.75) is 19.4 Å². The molecular weight excluding hydrogens is 421 g/mol. The van der Waals surface area contributed by atoms with E-state index in [0.717, 1.165) is 5.75 Å². The number of hydrogen-bond donors (Lipinski definition) is 1. The van der Waals surface area contributed by atoms with E-state index in [2.05, 4.69) is 10.4 Å². The number of hydrogen-bond acceptors (Lipinski definition) is 4. The van der Waals surface area contributed by atoms with Gasteiger partial charge in [-0.3, -0.25) is 9.59 Å². The number of carbonyl (C=O) groups excluding carboxylic acids is 1. The summed E-state index contributed by atoms with van der Waals surface area (Å²) in [5.74, 6) is 0.915. The highest BCUT2D eigenvalue weighted by Gasteiger charge is 2.07. The molecule has 0 saturated carbocycles. The molecule has 33 heavy (non-hydrogen) atoms. The summed E-state index contributed by atoms with van der Waals surface area (Å²) in [5.41, 5.74) is 1.68. The smallest absolute Gasteiger partial charge is 0.266 e. The second-order valence-electron chi connectivity index (χ2n) is 7.38. The lowest BCUT2D eigenvalue weighted by Crippen LogP contribution is -2.23. The van der Waals surface area contributed by atoms with Crippen LogP contribution in [0.3, 0.4) is 0 Å². The number of carbonyl (C=O) groups is 1. The van der Waals surface area contributed by atoms with Gasteiger partial charge in [0.15, 0.2) is 0 Å². The number of nitrogens with one attached hydrogen (secondary N) is 1. The van der Waals surface area contributed by atoms with Gasteiger partial charge in [0.2, 0.25) is 5.91 Å². The van der Waals surface area contributed by atoms with Gasteiger partial charge in [0.1, 0.15) is 17.3 Å². The molecule has 0 radical (unpaired) electrons. The zero-order valence-electron chi connectivity index (χ0n) is 17.8. The van der Waals surface area contributed by atoms with Crippen molar-refractivity contribution in [3.63, 3.8) is 0 Å². The van der Waals surface area contributed by atoms with Gasteiger partial charge >= 0.3 is 0 Å². The molecule has 3 aromatic carbocycles. The summed E-state index contributed by atoms with van der Waals surface area (Å²) in [4.78, 5) is 24.4. The van der Waals surface area contributed by atoms with E-state index in [1.807, 2.05) is 30.3 Å². The van der Waals surface area contributed by atoms with E-state index in [-0.39, 0.29) is 23.7 Å². The van der Waals surface area contributed by atoms with Crippen LogP contribution in [0.1, 0.15) is 12.8 Å². The lowest BCUT2D eigenvalue weighted by atomic mass is 10.1. The largest absolute Gasteiger partial charge is 0.457 e. The Morgan fingerprint density at radius 1 is 0.879 bits per heavy atom. The number of aromatic nitrogens is 2. The van der Waals surface area contributed by atoms with Gasteiger partial charge in [-0.25, -0.2) is 9.07 Å². The third-order valence-corrected chi connectivity index (χ3v) is 4.90. The van der Waals surface area contributed by atoms with E-state index in [4.69, 9.17) is 4.74 Å². The van der Waals surface area contributed by atoms with E-state index >= 15 is 0 Å². The van der Waals surface area contributed by atoms with Crippen LogP contribution in [-0.4, -0.2) is 15.7 Å². The van der Waals surface area contributed by atoms with E-state index in [9.17, 15) is 14.0 Å². The molecular formula is C26H22FN3O3. The summed E-state index contributed by atoms with van der Waals surface area (Å²) in [5, 5.41) is 7.17. The molecule has 0 fully saturated rings. The molecule has 1 heterocycles. The summed E-state index contributed by atoms with van der Waals surface area (Å²) < 4.78 is 20.2. The van der Waals surface area contributed by atoms with Crippen LogP contribution < -0.4 is 15.6 Å². The second kappa shape index (κ2) is 10.4. The molecule has 4 rings (SSSR count). The van der Waals surface area contributed by atoms with Crippen molar-refractivity contribution >= 4 is 11.6 Å². The average Bonchev–Trinajstić information content (AvgIpc) is 2.83. The Labute approximate surface area is 190 Å². The lowest BCUT2D eigenvalue weighted by molar-refractivity contribution is -0.116. The third-order valence-electron chi connectivity index (χ3n) is 4.90. The van der Waals surface area contributed by atoms with E-state index < -0.39 is 0 Å². The van der Waals surface area contributed by atoms with Crippen LogP contribution in [0.25, 0.3) is 11.3 Å². The van der Waals surface area contributed by atoms with Crippen molar-refractivity contribution in [3.8, 4) is 22.8 Å². The maximum atomic E-state index is 13.1. The summed E-state index contributed by atoms with van der Waals surface area (Å²) in [6.07, 6.45) is 0.679. The van der Waals surface area contributed by atoms with Crippen LogP contribution in [0.15, 0.2) is 95.8 Å². The van der Waals surface area contributed by atoms with E-state index in [1.54, 1.807) is 42.5 Å². The standard InChI is InChI=1S/C26H22FN3O3/c27-20-10-8-19(9-11-20)24-16-17-26(32)30(29-24)18-4-7-25(31)28-21-12-14-23(15-13-21)33-22-5-2-1-3-6-22/h1-3,5-6,8-17H,4,7,18H2,(H,28,31). The first-order valence-electron chi connectivity index (χ1n) is 10.5. The number of para-hydroxylation sites is 1. The quantitative estimate of drug-likeness (QED) is 0.403. The minimum absolute atomic E-state index is 0.158. The molecule has 0 aliphatic heterocycles. The maximum absolute atomic E-state index is 13.1. The molecule has 1 amide bonds.